The van der Waals surface area contributed by atoms with E-state index in [1.165, 1.54) is 4.90 Å². The van der Waals surface area contributed by atoms with Crippen molar-refractivity contribution < 1.29 is 23.1 Å². The summed E-state index contributed by atoms with van der Waals surface area (Å²) in [7, 11) is -3.28. The first kappa shape index (κ1) is 25.7. The topological polar surface area (TPSA) is 117 Å². The van der Waals surface area contributed by atoms with Crippen LogP contribution in [0.3, 0.4) is 0 Å². The minimum Gasteiger partial charge on any atom is -0.465 e. The average Bonchev–Trinajstić information content (AvgIpc) is 3.15. The molecule has 2 heterocycles. The monoisotopic (exact) mass is 487 g/mol. The van der Waals surface area contributed by atoms with Gasteiger partial charge in [-0.15, -0.1) is 0 Å². The second-order valence-corrected chi connectivity index (χ2v) is 12.3. The first-order chi connectivity index (χ1) is 15.8. The molecule has 1 aromatic carbocycles. The van der Waals surface area contributed by atoms with Crippen molar-refractivity contribution >= 4 is 21.8 Å². The number of rotatable bonds is 6. The van der Waals surface area contributed by atoms with E-state index in [1.807, 2.05) is 34.6 Å². The highest BCUT2D eigenvalue weighted by molar-refractivity contribution is 7.91. The third-order valence-corrected chi connectivity index (χ3v) is 7.79. The van der Waals surface area contributed by atoms with E-state index in [0.717, 1.165) is 11.1 Å². The number of aromatic nitrogens is 1. The zero-order valence-corrected chi connectivity index (χ0v) is 21.4. The van der Waals surface area contributed by atoms with Gasteiger partial charge >= 0.3 is 6.09 Å². The molecule has 2 aromatic rings. The molecule has 1 aliphatic heterocycles. The van der Waals surface area contributed by atoms with Gasteiger partial charge in [-0.1, -0.05) is 53.7 Å². The lowest BCUT2D eigenvalue weighted by molar-refractivity contribution is 0.0947. The van der Waals surface area contributed by atoms with Gasteiger partial charge in [-0.25, -0.2) is 13.2 Å². The van der Waals surface area contributed by atoms with Gasteiger partial charge < -0.3 is 10.4 Å². The van der Waals surface area contributed by atoms with Crippen molar-refractivity contribution in [1.82, 2.24) is 15.2 Å². The molecule has 1 aliphatic rings. The Balaban J connectivity index is 1.90. The Morgan fingerprint density at radius 2 is 1.82 bits per heavy atom. The number of nitrogens with one attached hydrogen (secondary N) is 1. The number of sulfone groups is 1. The lowest BCUT2D eigenvalue weighted by Crippen LogP contribution is -2.31. The molecular formula is C25H33N3O5S. The first-order valence-corrected chi connectivity index (χ1v) is 13.0. The summed E-state index contributed by atoms with van der Waals surface area (Å²) in [4.78, 5) is 31.5. The Hall–Kier alpha value is -2.94. The molecule has 0 bridgehead atoms. The molecule has 1 aromatic heterocycles. The number of nitrogens with zero attached hydrogens (tertiary/aromatic N) is 2. The highest BCUT2D eigenvalue weighted by atomic mass is 32.2. The van der Waals surface area contributed by atoms with Crippen LogP contribution in [-0.4, -0.2) is 41.2 Å². The maximum absolute atomic E-state index is 13.2. The van der Waals surface area contributed by atoms with Crippen LogP contribution in [0.2, 0.25) is 0 Å². The van der Waals surface area contributed by atoms with E-state index < -0.39 is 21.3 Å². The van der Waals surface area contributed by atoms with Gasteiger partial charge in [0.05, 0.1) is 40.2 Å². The molecule has 8 nitrogen and oxygen atoms in total. The summed E-state index contributed by atoms with van der Waals surface area (Å²) in [5, 5.41) is 12.6. The van der Waals surface area contributed by atoms with Gasteiger partial charge in [-0.3, -0.25) is 14.7 Å². The summed E-state index contributed by atoms with van der Waals surface area (Å²) in [5.41, 5.74) is 2.83. The average molecular weight is 488 g/mol. The van der Waals surface area contributed by atoms with Gasteiger partial charge in [0.2, 0.25) is 0 Å². The predicted octanol–water partition coefficient (Wildman–Crippen LogP) is 4.29. The highest BCUT2D eigenvalue weighted by Crippen LogP contribution is 2.40. The van der Waals surface area contributed by atoms with Crippen molar-refractivity contribution in [2.24, 2.45) is 5.92 Å². The van der Waals surface area contributed by atoms with Crippen LogP contribution in [0.15, 0.2) is 35.2 Å². The second kappa shape index (κ2) is 9.37. The Morgan fingerprint density at radius 1 is 1.21 bits per heavy atom. The number of carboxylic acid groups (broad SMARTS) is 1. The van der Waals surface area contributed by atoms with Crippen molar-refractivity contribution in [2.75, 3.05) is 5.75 Å². The summed E-state index contributed by atoms with van der Waals surface area (Å²) >= 11 is 0. The molecular weight excluding hydrogens is 454 g/mol. The minimum atomic E-state index is -3.28. The van der Waals surface area contributed by atoms with E-state index in [-0.39, 0.29) is 41.6 Å². The maximum atomic E-state index is 13.2. The number of carbonyl (C=O) groups is 2. The summed E-state index contributed by atoms with van der Waals surface area (Å²) in [6.07, 6.45) is -1.01. The number of carbonyl (C=O) groups excluding carboxylic acids is 1. The van der Waals surface area contributed by atoms with Crippen molar-refractivity contribution in [3.63, 3.8) is 0 Å². The van der Waals surface area contributed by atoms with Crippen LogP contribution in [0, 0.1) is 5.92 Å². The molecule has 1 unspecified atom stereocenters. The van der Waals surface area contributed by atoms with Crippen molar-refractivity contribution in [2.45, 2.75) is 71.0 Å². The molecule has 0 saturated carbocycles. The van der Waals surface area contributed by atoms with E-state index in [4.69, 9.17) is 4.98 Å². The van der Waals surface area contributed by atoms with Crippen molar-refractivity contribution in [3.8, 4) is 0 Å². The van der Waals surface area contributed by atoms with Crippen LogP contribution in [0.4, 0.5) is 4.79 Å². The fourth-order valence-corrected chi connectivity index (χ4v) is 5.13. The largest absolute Gasteiger partial charge is 0.465 e. The van der Waals surface area contributed by atoms with E-state index in [2.05, 4.69) is 5.32 Å². The molecule has 9 heteroatoms. The molecule has 2 N–H and O–H groups in total. The summed E-state index contributed by atoms with van der Waals surface area (Å²) in [5.74, 6) is -0.238. The summed E-state index contributed by atoms with van der Waals surface area (Å²) < 4.78 is 24.0. The molecule has 3 rings (SSSR count). The van der Waals surface area contributed by atoms with Gasteiger partial charge in [-0.2, -0.15) is 0 Å². The lowest BCUT2D eigenvalue weighted by atomic mass is 9.86. The number of hydrogen-bond donors (Lipinski definition) is 2. The van der Waals surface area contributed by atoms with E-state index in [1.54, 1.807) is 37.3 Å². The number of hydrogen-bond acceptors (Lipinski definition) is 5. The SMILES string of the molecule is CCS(=O)(=O)c1ccc(CNC(=O)c2cc3c(nc2C(C)(C)C)C(C(C)C)N(C(=O)O)C3)cc1. The standard InChI is InChI=1S/C25H33N3O5S/c1-7-34(32,33)18-10-8-16(9-11-18)13-26-23(29)19-12-17-14-28(24(30)31)21(15(2)3)20(17)27-22(19)25(4,5)6/h8-12,15,21H,7,13-14H2,1-6H3,(H,26,29)(H,30,31). The fraction of sp³-hybridized carbons (Fsp3) is 0.480. The van der Waals surface area contributed by atoms with Crippen LogP contribution >= 0.6 is 0 Å². The van der Waals surface area contributed by atoms with Crippen LogP contribution in [0.5, 0.6) is 0 Å². The first-order valence-electron chi connectivity index (χ1n) is 11.4. The minimum absolute atomic E-state index is 0.0287. The van der Waals surface area contributed by atoms with E-state index in [0.29, 0.717) is 17.0 Å². The highest BCUT2D eigenvalue weighted by Gasteiger charge is 2.39. The Labute approximate surface area is 201 Å². The van der Waals surface area contributed by atoms with E-state index >= 15 is 0 Å². The molecule has 0 saturated heterocycles. The normalized spacial score (nSPS) is 16.0. The number of benzene rings is 1. The summed E-state index contributed by atoms with van der Waals surface area (Å²) in [6, 6.07) is 7.88. The molecule has 1 atom stereocenters. The second-order valence-electron chi connectivity index (χ2n) is 10.0. The number of pyridine rings is 1. The van der Waals surface area contributed by atoms with Crippen molar-refractivity contribution in [1.29, 1.82) is 0 Å². The molecule has 0 radical (unpaired) electrons. The zero-order chi connectivity index (χ0) is 25.4. The third kappa shape index (κ3) is 5.09. The Bertz CT molecular complexity index is 1200. The maximum Gasteiger partial charge on any atom is 0.408 e. The van der Waals surface area contributed by atoms with Crippen LogP contribution in [0.25, 0.3) is 0 Å². The molecule has 0 aliphatic carbocycles. The van der Waals surface area contributed by atoms with Gasteiger partial charge in [0.15, 0.2) is 9.84 Å². The van der Waals surface area contributed by atoms with Gasteiger partial charge in [0, 0.05) is 12.0 Å². The molecule has 184 valence electrons. The predicted molar refractivity (Wildman–Crippen MR) is 129 cm³/mol. The lowest BCUT2D eigenvalue weighted by Gasteiger charge is -2.26. The van der Waals surface area contributed by atoms with Crippen LogP contribution in [0.1, 0.15) is 80.5 Å². The molecule has 0 spiro atoms. The van der Waals surface area contributed by atoms with Crippen LogP contribution < -0.4 is 5.32 Å². The molecule has 0 fully saturated rings. The van der Waals surface area contributed by atoms with Gasteiger partial charge in [0.25, 0.3) is 5.91 Å². The molecule has 34 heavy (non-hydrogen) atoms. The fourth-order valence-electron chi connectivity index (χ4n) is 4.25. The molecule has 2 amide bonds. The summed E-state index contributed by atoms with van der Waals surface area (Å²) in [6.45, 7) is 11.9. The number of amides is 2. The van der Waals surface area contributed by atoms with Crippen molar-refractivity contribution in [3.05, 3.63) is 58.4 Å². The number of fused-ring (bicyclic) bond motifs is 1. The quantitative estimate of drug-likeness (QED) is 0.628. The van der Waals surface area contributed by atoms with Gasteiger partial charge in [0.1, 0.15) is 0 Å². The Morgan fingerprint density at radius 3 is 2.32 bits per heavy atom. The van der Waals surface area contributed by atoms with Gasteiger partial charge in [-0.05, 0) is 35.2 Å². The zero-order valence-electron chi connectivity index (χ0n) is 20.5. The smallest absolute Gasteiger partial charge is 0.408 e. The Kier molecular flexibility index (Phi) is 7.07. The van der Waals surface area contributed by atoms with Crippen LogP contribution in [-0.2, 0) is 28.3 Å². The van der Waals surface area contributed by atoms with E-state index in [9.17, 15) is 23.1 Å². The third-order valence-electron chi connectivity index (χ3n) is 6.04.